The number of nitrogens with one attached hydrogen (secondary N) is 1. The first-order valence-corrected chi connectivity index (χ1v) is 8.65. The number of morpholine rings is 1. The number of halogens is 3. The average Bonchev–Trinajstić information content (AvgIpc) is 3.24. The highest BCUT2D eigenvalue weighted by Crippen LogP contribution is 2.36. The van der Waals surface area contributed by atoms with Crippen molar-refractivity contribution in [1.82, 2.24) is 14.9 Å². The topological polar surface area (TPSA) is 76.6 Å². The second-order valence-electron chi connectivity index (χ2n) is 6.72. The third kappa shape index (κ3) is 3.35. The van der Waals surface area contributed by atoms with Crippen LogP contribution >= 0.6 is 0 Å². The number of amides is 1. The summed E-state index contributed by atoms with van der Waals surface area (Å²) in [6.45, 7) is 1.10. The van der Waals surface area contributed by atoms with Gasteiger partial charge in [-0.2, -0.15) is 13.2 Å². The molecule has 0 aliphatic carbocycles. The van der Waals surface area contributed by atoms with Crippen molar-refractivity contribution in [2.24, 2.45) is 0 Å². The number of hydrogen-bond acceptors (Lipinski definition) is 6. The number of carbonyl (C=O) groups excluding carboxylic acids is 1. The molecule has 0 radical (unpaired) electrons. The van der Waals surface area contributed by atoms with Crippen LogP contribution < -0.4 is 5.32 Å². The van der Waals surface area contributed by atoms with E-state index >= 15 is 0 Å². The van der Waals surface area contributed by atoms with Crippen molar-refractivity contribution in [2.75, 3.05) is 31.6 Å². The fraction of sp³-hybridized carbons (Fsp3) is 0.688. The van der Waals surface area contributed by atoms with Crippen molar-refractivity contribution < 1.29 is 27.4 Å². The normalized spacial score (nSPS) is 28.4. The van der Waals surface area contributed by atoms with E-state index in [4.69, 9.17) is 9.47 Å². The lowest BCUT2D eigenvalue weighted by atomic mass is 9.96. The molecule has 4 heterocycles. The molecule has 3 aliphatic heterocycles. The lowest BCUT2D eigenvalue weighted by molar-refractivity contribution is -0.141. The Balaban J connectivity index is 1.57. The summed E-state index contributed by atoms with van der Waals surface area (Å²) in [7, 11) is 0. The number of hydrogen-bond donors (Lipinski definition) is 1. The first-order valence-electron chi connectivity index (χ1n) is 8.65. The van der Waals surface area contributed by atoms with Crippen molar-refractivity contribution in [3.8, 4) is 0 Å². The number of rotatable bonds is 3. The predicted molar refractivity (Wildman–Crippen MR) is 83.7 cm³/mol. The smallest absolute Gasteiger partial charge is 0.378 e. The van der Waals surface area contributed by atoms with Crippen molar-refractivity contribution in [3.63, 3.8) is 0 Å². The second-order valence-corrected chi connectivity index (χ2v) is 6.72. The second kappa shape index (κ2) is 6.66. The number of nitrogens with zero attached hydrogens (tertiary/aromatic N) is 3. The maximum Gasteiger partial charge on any atom is 0.434 e. The SMILES string of the molecule is O=C(c1cnc(N[C@@H]2C[C@H]3CC[C@@H]2O3)nc1C(F)(F)F)N1CCOCC1. The van der Waals surface area contributed by atoms with Crippen LogP contribution in [0.15, 0.2) is 6.20 Å². The minimum Gasteiger partial charge on any atom is -0.378 e. The first kappa shape index (κ1) is 17.5. The quantitative estimate of drug-likeness (QED) is 0.870. The fourth-order valence-corrected chi connectivity index (χ4v) is 3.72. The number of anilines is 1. The zero-order chi connectivity index (χ0) is 18.3. The summed E-state index contributed by atoms with van der Waals surface area (Å²) in [5, 5.41) is 2.94. The van der Waals surface area contributed by atoms with Crippen molar-refractivity contribution in [1.29, 1.82) is 0 Å². The molecule has 3 aliphatic rings. The van der Waals surface area contributed by atoms with Gasteiger partial charge in [0, 0.05) is 19.3 Å². The molecule has 26 heavy (non-hydrogen) atoms. The third-order valence-electron chi connectivity index (χ3n) is 5.01. The summed E-state index contributed by atoms with van der Waals surface area (Å²) < 4.78 is 51.3. The van der Waals surface area contributed by atoms with Crippen LogP contribution in [-0.4, -0.2) is 65.3 Å². The molecule has 2 bridgehead atoms. The van der Waals surface area contributed by atoms with Gasteiger partial charge in [0.2, 0.25) is 5.95 Å². The third-order valence-corrected chi connectivity index (χ3v) is 5.01. The lowest BCUT2D eigenvalue weighted by Gasteiger charge is -2.27. The predicted octanol–water partition coefficient (Wildman–Crippen LogP) is 1.70. The number of ether oxygens (including phenoxy) is 2. The van der Waals surface area contributed by atoms with Gasteiger partial charge in [-0.15, -0.1) is 0 Å². The van der Waals surface area contributed by atoms with E-state index in [1.54, 1.807) is 0 Å². The van der Waals surface area contributed by atoms with Gasteiger partial charge < -0.3 is 19.7 Å². The standard InChI is InChI=1S/C16H19F3N4O3/c17-16(18,19)13-10(14(24)23-3-5-25-6-4-23)8-20-15(22-13)21-11-7-9-1-2-12(11)26-9/h8-9,11-12H,1-7H2,(H,20,21,22)/t9-,11-,12+/m1/s1. The van der Waals surface area contributed by atoms with Gasteiger partial charge in [-0.3, -0.25) is 4.79 Å². The summed E-state index contributed by atoms with van der Waals surface area (Å²) in [6.07, 6.45) is -1.07. The van der Waals surface area contributed by atoms with E-state index in [2.05, 4.69) is 15.3 Å². The van der Waals surface area contributed by atoms with Crippen LogP contribution in [0, 0.1) is 0 Å². The van der Waals surface area contributed by atoms with E-state index in [1.807, 2.05) is 0 Å². The van der Waals surface area contributed by atoms with Gasteiger partial charge in [-0.25, -0.2) is 9.97 Å². The van der Waals surface area contributed by atoms with E-state index in [1.165, 1.54) is 4.90 Å². The monoisotopic (exact) mass is 372 g/mol. The molecule has 1 N–H and O–H groups in total. The van der Waals surface area contributed by atoms with E-state index in [9.17, 15) is 18.0 Å². The molecule has 0 saturated carbocycles. The van der Waals surface area contributed by atoms with Crippen molar-refractivity contribution in [3.05, 3.63) is 17.5 Å². The molecule has 1 aromatic rings. The van der Waals surface area contributed by atoms with Gasteiger partial charge in [0.1, 0.15) is 0 Å². The Bertz CT molecular complexity index is 694. The van der Waals surface area contributed by atoms with Crippen LogP contribution in [-0.2, 0) is 15.7 Å². The van der Waals surface area contributed by atoms with E-state index in [-0.39, 0.29) is 37.3 Å². The summed E-state index contributed by atoms with van der Waals surface area (Å²) in [6, 6.07) is -0.101. The molecule has 0 spiro atoms. The molecule has 0 aromatic carbocycles. The van der Waals surface area contributed by atoms with E-state index in [0.29, 0.717) is 13.2 Å². The largest absolute Gasteiger partial charge is 0.434 e. The molecule has 10 heteroatoms. The van der Waals surface area contributed by atoms with Gasteiger partial charge >= 0.3 is 6.18 Å². The molecular weight excluding hydrogens is 353 g/mol. The minimum absolute atomic E-state index is 0.0207. The van der Waals surface area contributed by atoms with Gasteiger partial charge in [0.15, 0.2) is 5.69 Å². The summed E-state index contributed by atoms with van der Waals surface area (Å²) in [5.41, 5.74) is -1.75. The lowest BCUT2D eigenvalue weighted by Crippen LogP contribution is -2.41. The molecule has 1 amide bonds. The maximum atomic E-state index is 13.5. The Morgan fingerprint density at radius 1 is 1.27 bits per heavy atom. The Kier molecular flexibility index (Phi) is 4.47. The van der Waals surface area contributed by atoms with Crippen LogP contribution in [0.4, 0.5) is 19.1 Å². The van der Waals surface area contributed by atoms with Gasteiger partial charge in [0.05, 0.1) is 37.0 Å². The summed E-state index contributed by atoms with van der Waals surface area (Å²) in [4.78, 5) is 21.4. The average molecular weight is 372 g/mol. The molecule has 3 saturated heterocycles. The van der Waals surface area contributed by atoms with Crippen molar-refractivity contribution >= 4 is 11.9 Å². The number of aromatic nitrogens is 2. The van der Waals surface area contributed by atoms with E-state index < -0.39 is 23.3 Å². The highest BCUT2D eigenvalue weighted by Gasteiger charge is 2.42. The molecule has 0 unspecified atom stereocenters. The van der Waals surface area contributed by atoms with Crippen LogP contribution in [0.25, 0.3) is 0 Å². The molecule has 3 fully saturated rings. The Morgan fingerprint density at radius 3 is 2.65 bits per heavy atom. The molecule has 4 rings (SSSR count). The number of fused-ring (bicyclic) bond motifs is 2. The Hall–Kier alpha value is -1.94. The van der Waals surface area contributed by atoms with Gasteiger partial charge in [0.25, 0.3) is 5.91 Å². The molecule has 142 valence electrons. The van der Waals surface area contributed by atoms with Gasteiger partial charge in [-0.05, 0) is 19.3 Å². The molecule has 1 aromatic heterocycles. The van der Waals surface area contributed by atoms with Crippen molar-refractivity contribution in [2.45, 2.75) is 43.7 Å². The van der Waals surface area contributed by atoms with Crippen LogP contribution in [0.3, 0.4) is 0 Å². The zero-order valence-electron chi connectivity index (χ0n) is 14.0. The number of carbonyl (C=O) groups is 1. The highest BCUT2D eigenvalue weighted by atomic mass is 19.4. The molecule has 7 nitrogen and oxygen atoms in total. The molecule has 3 atom stereocenters. The minimum atomic E-state index is -4.75. The summed E-state index contributed by atoms with van der Waals surface area (Å²) >= 11 is 0. The van der Waals surface area contributed by atoms with Crippen LogP contribution in [0.5, 0.6) is 0 Å². The maximum absolute atomic E-state index is 13.5. The Morgan fingerprint density at radius 2 is 2.04 bits per heavy atom. The highest BCUT2D eigenvalue weighted by molar-refractivity contribution is 5.95. The van der Waals surface area contributed by atoms with Crippen LogP contribution in [0.2, 0.25) is 0 Å². The first-order chi connectivity index (χ1) is 12.4. The zero-order valence-corrected chi connectivity index (χ0v) is 14.0. The van der Waals surface area contributed by atoms with Crippen LogP contribution in [0.1, 0.15) is 35.3 Å². The number of alkyl halides is 3. The summed E-state index contributed by atoms with van der Waals surface area (Å²) in [5.74, 6) is -0.854. The Labute approximate surface area is 147 Å². The van der Waals surface area contributed by atoms with Gasteiger partial charge in [-0.1, -0.05) is 0 Å². The van der Waals surface area contributed by atoms with E-state index in [0.717, 1.165) is 25.5 Å². The molecular formula is C16H19F3N4O3. The fourth-order valence-electron chi connectivity index (χ4n) is 3.72.